The first kappa shape index (κ1) is 21.8. The molecule has 162 valence electrons. The normalized spacial score (nSPS) is 24.0. The summed E-state index contributed by atoms with van der Waals surface area (Å²) in [6, 6.07) is 3.19. The van der Waals surface area contributed by atoms with Gasteiger partial charge in [0.25, 0.3) is 0 Å². The van der Waals surface area contributed by atoms with Crippen molar-refractivity contribution < 1.29 is 42.1 Å². The molecule has 2 heterocycles. The Morgan fingerprint density at radius 1 is 1.21 bits per heavy atom. The van der Waals surface area contributed by atoms with E-state index in [0.29, 0.717) is 26.4 Å². The second-order valence-corrected chi connectivity index (χ2v) is 8.03. The third kappa shape index (κ3) is 5.82. The summed E-state index contributed by atoms with van der Waals surface area (Å²) in [6.45, 7) is 1.77. The molecule has 13 heteroatoms. The van der Waals surface area contributed by atoms with Gasteiger partial charge in [0.05, 0.1) is 49.5 Å². The molecule has 0 aliphatic carbocycles. The van der Waals surface area contributed by atoms with Gasteiger partial charge in [-0.25, -0.2) is 8.42 Å². The predicted octanol–water partition coefficient (Wildman–Crippen LogP) is -0.599. The van der Waals surface area contributed by atoms with Crippen molar-refractivity contribution in [3.8, 4) is 5.75 Å². The van der Waals surface area contributed by atoms with Crippen LogP contribution in [-0.2, 0) is 29.0 Å². The highest BCUT2D eigenvalue weighted by atomic mass is 32.2. The first-order chi connectivity index (χ1) is 13.9. The molecule has 1 aromatic rings. The van der Waals surface area contributed by atoms with Crippen molar-refractivity contribution in [3.05, 3.63) is 28.3 Å². The van der Waals surface area contributed by atoms with Gasteiger partial charge in [0, 0.05) is 6.07 Å². The average molecular weight is 434 g/mol. The maximum Gasteiger partial charge on any atom is 0.312 e. The highest BCUT2D eigenvalue weighted by molar-refractivity contribution is 7.89. The highest BCUT2D eigenvalue weighted by Crippen LogP contribution is 2.30. The molecule has 3 rings (SSSR count). The van der Waals surface area contributed by atoms with Crippen LogP contribution in [0.5, 0.6) is 5.75 Å². The molecule has 2 aliphatic heterocycles. The minimum Gasteiger partial charge on any atom is -0.484 e. The van der Waals surface area contributed by atoms with Crippen LogP contribution in [0.2, 0.25) is 0 Å². The molecule has 12 nitrogen and oxygen atoms in total. The lowest BCUT2D eigenvalue weighted by Crippen LogP contribution is -2.48. The standard InChI is InChI=1S/C16H22N2O10S/c19-16(15-10-25-4-6-27-15)17-29(22,23)12-1-2-14(13(7-12)18(20)21)28-9-11-8-24-3-5-26-11/h1-2,7,11,15-17,19H,3-6,8-10H2. The minimum atomic E-state index is -4.26. The molecule has 1 aromatic carbocycles. The van der Waals surface area contributed by atoms with Crippen LogP contribution in [0.15, 0.2) is 23.1 Å². The number of rotatable bonds is 8. The molecule has 0 radical (unpaired) electrons. The van der Waals surface area contributed by atoms with Gasteiger partial charge in [-0.1, -0.05) is 0 Å². The van der Waals surface area contributed by atoms with Gasteiger partial charge in [-0.2, -0.15) is 4.72 Å². The maximum absolute atomic E-state index is 12.5. The summed E-state index contributed by atoms with van der Waals surface area (Å²) < 4.78 is 53.5. The Morgan fingerprint density at radius 3 is 2.55 bits per heavy atom. The van der Waals surface area contributed by atoms with Crippen LogP contribution >= 0.6 is 0 Å². The number of aliphatic hydroxyl groups is 1. The Bertz CT molecular complexity index is 806. The summed E-state index contributed by atoms with van der Waals surface area (Å²) in [5, 5.41) is 21.4. The van der Waals surface area contributed by atoms with Gasteiger partial charge in [-0.05, 0) is 12.1 Å². The molecule has 2 N–H and O–H groups in total. The number of benzene rings is 1. The second kappa shape index (κ2) is 9.75. The molecule has 2 fully saturated rings. The van der Waals surface area contributed by atoms with Crippen molar-refractivity contribution in [2.75, 3.05) is 46.2 Å². The van der Waals surface area contributed by atoms with Gasteiger partial charge in [0.2, 0.25) is 10.0 Å². The van der Waals surface area contributed by atoms with E-state index in [1.165, 1.54) is 6.07 Å². The molecule has 3 atom stereocenters. The molecule has 0 amide bonds. The number of aliphatic hydroxyl groups excluding tert-OH is 1. The van der Waals surface area contributed by atoms with Crippen molar-refractivity contribution in [1.82, 2.24) is 4.72 Å². The van der Waals surface area contributed by atoms with Gasteiger partial charge in [-0.3, -0.25) is 10.1 Å². The Labute approximate surface area is 166 Å². The topological polar surface area (TPSA) is 156 Å². The van der Waals surface area contributed by atoms with E-state index in [9.17, 15) is 23.6 Å². The van der Waals surface area contributed by atoms with Gasteiger partial charge in [0.1, 0.15) is 25.0 Å². The fourth-order valence-electron chi connectivity index (χ4n) is 2.74. The molecule has 3 unspecified atom stereocenters. The zero-order valence-electron chi connectivity index (χ0n) is 15.4. The molecule has 0 bridgehead atoms. The summed E-state index contributed by atoms with van der Waals surface area (Å²) in [6.07, 6.45) is -2.83. The average Bonchev–Trinajstić information content (AvgIpc) is 2.73. The third-order valence-electron chi connectivity index (χ3n) is 4.22. The fourth-order valence-corrected chi connectivity index (χ4v) is 3.86. The summed E-state index contributed by atoms with van der Waals surface area (Å²) in [4.78, 5) is 10.2. The number of hydrogen-bond donors (Lipinski definition) is 2. The zero-order valence-corrected chi connectivity index (χ0v) is 16.2. The first-order valence-corrected chi connectivity index (χ1v) is 10.4. The number of ether oxygens (including phenoxy) is 5. The summed E-state index contributed by atoms with van der Waals surface area (Å²) in [5.74, 6) is -0.104. The van der Waals surface area contributed by atoms with Gasteiger partial charge in [-0.15, -0.1) is 0 Å². The van der Waals surface area contributed by atoms with E-state index in [2.05, 4.69) is 0 Å². The van der Waals surface area contributed by atoms with Crippen LogP contribution in [0.1, 0.15) is 0 Å². The Hall–Kier alpha value is -1.87. The van der Waals surface area contributed by atoms with E-state index < -0.39 is 37.9 Å². The number of nitro groups is 1. The molecule has 0 saturated carbocycles. The zero-order chi connectivity index (χ0) is 20.9. The highest BCUT2D eigenvalue weighted by Gasteiger charge is 2.30. The van der Waals surface area contributed by atoms with Crippen molar-refractivity contribution in [2.24, 2.45) is 0 Å². The summed E-state index contributed by atoms with van der Waals surface area (Å²) in [7, 11) is -4.26. The SMILES string of the molecule is O=[N+]([O-])c1cc(S(=O)(=O)NC(O)C2COCCO2)ccc1OCC1COCCO1. The smallest absolute Gasteiger partial charge is 0.312 e. The lowest BCUT2D eigenvalue weighted by Gasteiger charge is -2.27. The summed E-state index contributed by atoms with van der Waals surface area (Å²) >= 11 is 0. The first-order valence-electron chi connectivity index (χ1n) is 8.87. The maximum atomic E-state index is 12.5. The van der Waals surface area contributed by atoms with Crippen molar-refractivity contribution in [3.63, 3.8) is 0 Å². The van der Waals surface area contributed by atoms with Crippen molar-refractivity contribution in [2.45, 2.75) is 23.3 Å². The van der Waals surface area contributed by atoms with Crippen LogP contribution in [0.4, 0.5) is 5.69 Å². The van der Waals surface area contributed by atoms with E-state index in [-0.39, 0.29) is 31.7 Å². The monoisotopic (exact) mass is 434 g/mol. The Balaban J connectivity index is 1.71. The predicted molar refractivity (Wildman–Crippen MR) is 96.0 cm³/mol. The van der Waals surface area contributed by atoms with E-state index in [0.717, 1.165) is 12.1 Å². The largest absolute Gasteiger partial charge is 0.484 e. The number of hydrogen-bond acceptors (Lipinski definition) is 10. The molecule has 29 heavy (non-hydrogen) atoms. The summed E-state index contributed by atoms with van der Waals surface area (Å²) in [5.41, 5.74) is -0.531. The van der Waals surface area contributed by atoms with E-state index >= 15 is 0 Å². The van der Waals surface area contributed by atoms with Gasteiger partial charge in [0.15, 0.2) is 5.75 Å². The lowest BCUT2D eigenvalue weighted by atomic mass is 10.3. The Morgan fingerprint density at radius 2 is 1.93 bits per heavy atom. The van der Waals surface area contributed by atoms with E-state index in [4.69, 9.17) is 23.7 Å². The van der Waals surface area contributed by atoms with Crippen LogP contribution < -0.4 is 9.46 Å². The molecular weight excluding hydrogens is 412 g/mol. The quantitative estimate of drug-likeness (QED) is 0.308. The Kier molecular flexibility index (Phi) is 7.34. The van der Waals surface area contributed by atoms with Crippen LogP contribution in [0.25, 0.3) is 0 Å². The number of sulfonamides is 1. The molecule has 2 saturated heterocycles. The number of nitrogens with zero attached hydrogens (tertiary/aromatic N) is 1. The third-order valence-corrected chi connectivity index (χ3v) is 5.64. The van der Waals surface area contributed by atoms with Crippen LogP contribution in [0, 0.1) is 10.1 Å². The van der Waals surface area contributed by atoms with Gasteiger partial charge < -0.3 is 28.8 Å². The van der Waals surface area contributed by atoms with Gasteiger partial charge >= 0.3 is 5.69 Å². The van der Waals surface area contributed by atoms with Crippen LogP contribution in [-0.4, -0.2) is 83.1 Å². The number of nitrogens with one attached hydrogen (secondary N) is 1. The van der Waals surface area contributed by atoms with E-state index in [1.807, 2.05) is 4.72 Å². The van der Waals surface area contributed by atoms with Crippen LogP contribution in [0.3, 0.4) is 0 Å². The second-order valence-electron chi connectivity index (χ2n) is 6.32. The molecular formula is C16H22N2O10S. The number of nitro benzene ring substituents is 1. The fraction of sp³-hybridized carbons (Fsp3) is 0.625. The van der Waals surface area contributed by atoms with Crippen molar-refractivity contribution >= 4 is 15.7 Å². The molecule has 2 aliphatic rings. The molecule has 0 spiro atoms. The lowest BCUT2D eigenvalue weighted by molar-refractivity contribution is -0.386. The minimum absolute atomic E-state index is 0.0168. The van der Waals surface area contributed by atoms with Crippen molar-refractivity contribution in [1.29, 1.82) is 0 Å². The van der Waals surface area contributed by atoms with E-state index in [1.54, 1.807) is 0 Å². The molecule has 0 aromatic heterocycles.